The van der Waals surface area contributed by atoms with Gasteiger partial charge in [-0.15, -0.1) is 0 Å². The maximum absolute atomic E-state index is 11.3. The normalized spacial score (nSPS) is 11.4. The molecule has 0 saturated heterocycles. The summed E-state index contributed by atoms with van der Waals surface area (Å²) in [5.74, 6) is 0. The monoisotopic (exact) mass is 257 g/mol. The average molecular weight is 258 g/mol. The van der Waals surface area contributed by atoms with E-state index in [1.54, 1.807) is 25.1 Å². The molecule has 2 amide bonds. The Kier molecular flexibility index (Phi) is 4.41. The number of hydrogen-bond donors (Lipinski definition) is 2. The maximum Gasteiger partial charge on any atom is 0.320 e. The highest BCUT2D eigenvalue weighted by molar-refractivity contribution is 6.35. The van der Waals surface area contributed by atoms with Crippen LogP contribution in [0.5, 0.6) is 0 Å². The number of halogens is 2. The van der Waals surface area contributed by atoms with Crippen molar-refractivity contribution in [2.45, 2.75) is 13.0 Å². The second-order valence-corrected chi connectivity index (χ2v) is 3.98. The molecule has 0 saturated carbocycles. The summed E-state index contributed by atoms with van der Waals surface area (Å²) >= 11 is 11.5. The molecule has 1 aromatic rings. The van der Waals surface area contributed by atoms with Gasteiger partial charge in [0.25, 0.3) is 0 Å². The van der Waals surface area contributed by atoms with Gasteiger partial charge in [0.05, 0.1) is 6.07 Å². The lowest BCUT2D eigenvalue weighted by Gasteiger charge is -2.09. The molecular weight excluding hydrogens is 249 g/mol. The summed E-state index contributed by atoms with van der Waals surface area (Å²) in [5.41, 5.74) is 0.472. The number of carbonyl (C=O) groups excluding carboxylic acids is 1. The third-order valence-corrected chi connectivity index (χ3v) is 2.10. The summed E-state index contributed by atoms with van der Waals surface area (Å²) in [4.78, 5) is 11.3. The Morgan fingerprint density at radius 3 is 2.44 bits per heavy atom. The van der Waals surface area contributed by atoms with E-state index >= 15 is 0 Å². The zero-order chi connectivity index (χ0) is 12.1. The number of hydrogen-bond acceptors (Lipinski definition) is 2. The number of urea groups is 1. The minimum absolute atomic E-state index is 0.427. The molecule has 0 spiro atoms. The van der Waals surface area contributed by atoms with E-state index in [9.17, 15) is 4.79 Å². The van der Waals surface area contributed by atoms with Gasteiger partial charge in [-0.25, -0.2) is 4.79 Å². The molecule has 0 radical (unpaired) electrons. The molecule has 2 N–H and O–H groups in total. The lowest BCUT2D eigenvalue weighted by atomic mass is 10.3. The van der Waals surface area contributed by atoms with Crippen molar-refractivity contribution >= 4 is 34.9 Å². The predicted molar refractivity (Wildman–Crippen MR) is 63.7 cm³/mol. The number of anilines is 1. The minimum atomic E-state index is -0.561. The van der Waals surface area contributed by atoms with Crippen LogP contribution in [0.4, 0.5) is 10.5 Å². The fourth-order valence-corrected chi connectivity index (χ4v) is 1.55. The summed E-state index contributed by atoms with van der Waals surface area (Å²) in [7, 11) is 0. The van der Waals surface area contributed by atoms with Crippen molar-refractivity contribution in [3.8, 4) is 6.07 Å². The van der Waals surface area contributed by atoms with Gasteiger partial charge in [0.2, 0.25) is 0 Å². The first-order valence-corrected chi connectivity index (χ1v) is 5.20. The van der Waals surface area contributed by atoms with Crippen LogP contribution in [0.15, 0.2) is 18.2 Å². The van der Waals surface area contributed by atoms with Gasteiger partial charge in [0.15, 0.2) is 0 Å². The summed E-state index contributed by atoms with van der Waals surface area (Å²) in [6.45, 7) is 1.57. The molecular formula is C10H9Cl2N3O. The van der Waals surface area contributed by atoms with Crippen LogP contribution in [0.2, 0.25) is 10.0 Å². The zero-order valence-corrected chi connectivity index (χ0v) is 9.93. The molecule has 0 heterocycles. The molecule has 84 valence electrons. The van der Waals surface area contributed by atoms with Crippen LogP contribution in [0.1, 0.15) is 6.92 Å². The van der Waals surface area contributed by atoms with Crippen molar-refractivity contribution < 1.29 is 4.79 Å². The number of nitrogens with one attached hydrogen (secondary N) is 2. The van der Waals surface area contributed by atoms with Crippen LogP contribution in [0.3, 0.4) is 0 Å². The Morgan fingerprint density at radius 2 is 1.94 bits per heavy atom. The molecule has 1 unspecified atom stereocenters. The van der Waals surface area contributed by atoms with Crippen LogP contribution >= 0.6 is 23.2 Å². The number of nitriles is 1. The Balaban J connectivity index is 2.67. The van der Waals surface area contributed by atoms with Crippen LogP contribution in [0, 0.1) is 11.3 Å². The van der Waals surface area contributed by atoms with E-state index in [0.29, 0.717) is 15.7 Å². The number of benzene rings is 1. The van der Waals surface area contributed by atoms with Crippen molar-refractivity contribution in [3.63, 3.8) is 0 Å². The third-order valence-electron chi connectivity index (χ3n) is 1.66. The van der Waals surface area contributed by atoms with Gasteiger partial charge in [-0.05, 0) is 25.1 Å². The first-order valence-electron chi connectivity index (χ1n) is 4.44. The van der Waals surface area contributed by atoms with Crippen LogP contribution in [-0.2, 0) is 0 Å². The molecule has 4 nitrogen and oxygen atoms in total. The molecule has 0 aromatic heterocycles. The number of amides is 2. The van der Waals surface area contributed by atoms with Gasteiger partial charge in [0, 0.05) is 15.7 Å². The van der Waals surface area contributed by atoms with E-state index in [0.717, 1.165) is 0 Å². The fraction of sp³-hybridized carbons (Fsp3) is 0.200. The average Bonchev–Trinajstić information content (AvgIpc) is 2.15. The highest BCUT2D eigenvalue weighted by Crippen LogP contribution is 2.22. The molecule has 1 aromatic carbocycles. The van der Waals surface area contributed by atoms with Gasteiger partial charge in [0.1, 0.15) is 6.04 Å². The van der Waals surface area contributed by atoms with Crippen molar-refractivity contribution in [1.82, 2.24) is 5.32 Å². The first kappa shape index (κ1) is 12.6. The van der Waals surface area contributed by atoms with Crippen molar-refractivity contribution in [2.24, 2.45) is 0 Å². The third kappa shape index (κ3) is 3.97. The van der Waals surface area contributed by atoms with Gasteiger partial charge in [-0.2, -0.15) is 5.26 Å². The fourth-order valence-electron chi connectivity index (χ4n) is 1.02. The van der Waals surface area contributed by atoms with E-state index in [4.69, 9.17) is 28.5 Å². The highest BCUT2D eigenvalue weighted by Gasteiger charge is 2.06. The Bertz CT molecular complexity index is 422. The smallest absolute Gasteiger partial charge is 0.320 e. The lowest BCUT2D eigenvalue weighted by Crippen LogP contribution is -2.35. The van der Waals surface area contributed by atoms with Crippen molar-refractivity contribution in [2.75, 3.05) is 5.32 Å². The van der Waals surface area contributed by atoms with Crippen LogP contribution in [0.25, 0.3) is 0 Å². The summed E-state index contributed by atoms with van der Waals surface area (Å²) in [6, 6.07) is 5.52. The lowest BCUT2D eigenvalue weighted by molar-refractivity contribution is 0.251. The maximum atomic E-state index is 11.3. The quantitative estimate of drug-likeness (QED) is 0.856. The van der Waals surface area contributed by atoms with E-state index in [1.807, 2.05) is 6.07 Å². The number of rotatable bonds is 2. The SMILES string of the molecule is CC(C#N)NC(=O)Nc1cc(Cl)cc(Cl)c1. The van der Waals surface area contributed by atoms with E-state index < -0.39 is 12.1 Å². The van der Waals surface area contributed by atoms with Gasteiger partial charge >= 0.3 is 6.03 Å². The second-order valence-electron chi connectivity index (χ2n) is 3.11. The topological polar surface area (TPSA) is 64.9 Å². The number of carbonyl (C=O) groups is 1. The molecule has 1 rings (SSSR count). The minimum Gasteiger partial charge on any atom is -0.322 e. The largest absolute Gasteiger partial charge is 0.322 e. The molecule has 0 aliphatic carbocycles. The molecule has 0 fully saturated rings. The second kappa shape index (κ2) is 5.59. The highest BCUT2D eigenvalue weighted by atomic mass is 35.5. The van der Waals surface area contributed by atoms with E-state index in [2.05, 4.69) is 10.6 Å². The molecule has 1 atom stereocenters. The molecule has 0 bridgehead atoms. The van der Waals surface area contributed by atoms with Crippen molar-refractivity contribution in [1.29, 1.82) is 5.26 Å². The first-order chi connectivity index (χ1) is 7.51. The van der Waals surface area contributed by atoms with E-state index in [-0.39, 0.29) is 0 Å². The summed E-state index contributed by atoms with van der Waals surface area (Å²) in [5, 5.41) is 14.3. The number of nitrogens with zero attached hydrogens (tertiary/aromatic N) is 1. The Hall–Kier alpha value is -1.44. The van der Waals surface area contributed by atoms with Crippen LogP contribution in [-0.4, -0.2) is 12.1 Å². The standard InChI is InChI=1S/C10H9Cl2N3O/c1-6(5-13)14-10(16)15-9-3-7(11)2-8(12)4-9/h2-4,6H,1H3,(H2,14,15,16). The summed E-state index contributed by atoms with van der Waals surface area (Å²) < 4.78 is 0. The Morgan fingerprint density at radius 1 is 1.38 bits per heavy atom. The molecule has 16 heavy (non-hydrogen) atoms. The predicted octanol–water partition coefficient (Wildman–Crippen LogP) is 3.03. The van der Waals surface area contributed by atoms with Gasteiger partial charge < -0.3 is 10.6 Å². The van der Waals surface area contributed by atoms with Gasteiger partial charge in [-0.1, -0.05) is 23.2 Å². The van der Waals surface area contributed by atoms with Crippen molar-refractivity contribution in [3.05, 3.63) is 28.2 Å². The molecule has 0 aliphatic heterocycles. The van der Waals surface area contributed by atoms with E-state index in [1.165, 1.54) is 0 Å². The Labute approximate surface area is 103 Å². The molecule has 6 heteroatoms. The summed E-state index contributed by atoms with van der Waals surface area (Å²) in [6.07, 6.45) is 0. The molecule has 0 aliphatic rings. The zero-order valence-electron chi connectivity index (χ0n) is 8.42. The van der Waals surface area contributed by atoms with Crippen LogP contribution < -0.4 is 10.6 Å². The van der Waals surface area contributed by atoms with Gasteiger partial charge in [-0.3, -0.25) is 0 Å².